The summed E-state index contributed by atoms with van der Waals surface area (Å²) in [6.45, 7) is 2.41. The molecule has 3 rings (SSSR count). The van der Waals surface area contributed by atoms with E-state index >= 15 is 0 Å². The summed E-state index contributed by atoms with van der Waals surface area (Å²) >= 11 is 0. The molecule has 0 bridgehead atoms. The molecule has 0 unspecified atom stereocenters. The third kappa shape index (κ3) is 3.25. The van der Waals surface area contributed by atoms with E-state index in [-0.39, 0.29) is 11.8 Å². The Hall–Kier alpha value is -2.28. The molecule has 1 aliphatic rings. The van der Waals surface area contributed by atoms with Crippen molar-refractivity contribution in [2.24, 2.45) is 5.92 Å². The molecule has 0 saturated carbocycles. The van der Waals surface area contributed by atoms with Crippen molar-refractivity contribution in [3.8, 4) is 11.5 Å². The van der Waals surface area contributed by atoms with Gasteiger partial charge in [0.25, 0.3) is 0 Å². The molecule has 110 valence electrons. The number of nitrogens with zero attached hydrogens (tertiary/aromatic N) is 4. The Kier molecular flexibility index (Phi) is 4.20. The minimum Gasteiger partial charge on any atom is -0.381 e. The predicted molar refractivity (Wildman–Crippen MR) is 75.2 cm³/mol. The number of amides is 1. The fraction of sp³-hybridized carbons (Fsp3) is 0.429. The number of aromatic nitrogens is 4. The third-order valence-electron chi connectivity index (χ3n) is 3.46. The summed E-state index contributed by atoms with van der Waals surface area (Å²) in [5, 5.41) is 2.94. The highest BCUT2D eigenvalue weighted by atomic mass is 16.5. The van der Waals surface area contributed by atoms with Crippen molar-refractivity contribution in [1.82, 2.24) is 24.8 Å². The lowest BCUT2D eigenvalue weighted by Crippen LogP contribution is -2.33. The highest BCUT2D eigenvalue weighted by Crippen LogP contribution is 2.13. The molecule has 2 aromatic rings. The Labute approximate surface area is 122 Å². The van der Waals surface area contributed by atoms with Crippen molar-refractivity contribution in [2.45, 2.75) is 13.0 Å². The van der Waals surface area contributed by atoms with Crippen molar-refractivity contribution >= 4 is 5.91 Å². The van der Waals surface area contributed by atoms with Gasteiger partial charge >= 0.3 is 0 Å². The van der Waals surface area contributed by atoms with Gasteiger partial charge in [0.05, 0.1) is 18.7 Å². The summed E-state index contributed by atoms with van der Waals surface area (Å²) in [7, 11) is 0. The van der Waals surface area contributed by atoms with Gasteiger partial charge in [0.1, 0.15) is 5.69 Å². The smallest absolute Gasteiger partial charge is 0.225 e. The third-order valence-corrected chi connectivity index (χ3v) is 3.46. The predicted octanol–water partition coefficient (Wildman–Crippen LogP) is 0.493. The minimum atomic E-state index is -0.00718. The second-order valence-electron chi connectivity index (χ2n) is 4.89. The molecule has 1 atom stereocenters. The first kappa shape index (κ1) is 13.7. The van der Waals surface area contributed by atoms with Crippen LogP contribution in [0.1, 0.15) is 6.42 Å². The molecule has 1 saturated heterocycles. The molecule has 2 aromatic heterocycles. The van der Waals surface area contributed by atoms with E-state index in [9.17, 15) is 4.79 Å². The van der Waals surface area contributed by atoms with Gasteiger partial charge in [-0.1, -0.05) is 0 Å². The first-order valence-corrected chi connectivity index (χ1v) is 6.97. The lowest BCUT2D eigenvalue weighted by molar-refractivity contribution is -0.124. The van der Waals surface area contributed by atoms with Gasteiger partial charge < -0.3 is 14.6 Å². The molecule has 1 fully saturated rings. The van der Waals surface area contributed by atoms with Crippen molar-refractivity contribution in [3.05, 3.63) is 31.0 Å². The lowest BCUT2D eigenvalue weighted by atomic mass is 10.1. The van der Waals surface area contributed by atoms with Crippen LogP contribution >= 0.6 is 0 Å². The minimum absolute atomic E-state index is 0.00718. The summed E-state index contributed by atoms with van der Waals surface area (Å²) in [6, 6.07) is 0. The van der Waals surface area contributed by atoms with Crippen molar-refractivity contribution in [3.63, 3.8) is 0 Å². The average molecular weight is 287 g/mol. The largest absolute Gasteiger partial charge is 0.381 e. The molecule has 7 heteroatoms. The first-order valence-electron chi connectivity index (χ1n) is 6.97. The van der Waals surface area contributed by atoms with Gasteiger partial charge in [0.15, 0.2) is 5.82 Å². The molecule has 0 aromatic carbocycles. The Morgan fingerprint density at radius 2 is 2.33 bits per heavy atom. The zero-order valence-corrected chi connectivity index (χ0v) is 11.6. The van der Waals surface area contributed by atoms with Crippen LogP contribution in [-0.4, -0.2) is 45.2 Å². The van der Waals surface area contributed by atoms with E-state index in [0.29, 0.717) is 26.3 Å². The van der Waals surface area contributed by atoms with Gasteiger partial charge in [0.2, 0.25) is 5.91 Å². The summed E-state index contributed by atoms with van der Waals surface area (Å²) < 4.78 is 7.17. The Morgan fingerprint density at radius 1 is 1.38 bits per heavy atom. The van der Waals surface area contributed by atoms with Gasteiger partial charge in [-0.15, -0.1) is 0 Å². The molecule has 0 aliphatic carbocycles. The van der Waals surface area contributed by atoms with Crippen LogP contribution < -0.4 is 5.32 Å². The standard InChI is InChI=1S/C14H17N5O2/c20-14(11-1-8-21-10-11)18-5-7-19-6-4-17-13(19)12-9-15-2-3-16-12/h2-4,6,9,11H,1,5,7-8,10H2,(H,18,20)/t11-/m1/s1. The Balaban J connectivity index is 1.56. The van der Waals surface area contributed by atoms with Crippen LogP contribution in [0.25, 0.3) is 11.5 Å². The first-order chi connectivity index (χ1) is 10.3. The lowest BCUT2D eigenvalue weighted by Gasteiger charge is -2.11. The second-order valence-corrected chi connectivity index (χ2v) is 4.89. The Bertz CT molecular complexity index is 592. The number of rotatable bonds is 5. The van der Waals surface area contributed by atoms with E-state index in [1.54, 1.807) is 24.8 Å². The van der Waals surface area contributed by atoms with E-state index in [2.05, 4.69) is 20.3 Å². The summed E-state index contributed by atoms with van der Waals surface area (Å²) in [6.07, 6.45) is 9.33. The summed E-state index contributed by atoms with van der Waals surface area (Å²) in [4.78, 5) is 24.5. The number of nitrogens with one attached hydrogen (secondary N) is 1. The van der Waals surface area contributed by atoms with E-state index in [4.69, 9.17) is 4.74 Å². The molecule has 1 N–H and O–H groups in total. The van der Waals surface area contributed by atoms with Crippen LogP contribution in [0.15, 0.2) is 31.0 Å². The number of imidazole rings is 1. The van der Waals surface area contributed by atoms with Crippen LogP contribution in [0.2, 0.25) is 0 Å². The van der Waals surface area contributed by atoms with Crippen LogP contribution in [0, 0.1) is 5.92 Å². The van der Waals surface area contributed by atoms with Crippen LogP contribution in [0.3, 0.4) is 0 Å². The van der Waals surface area contributed by atoms with Crippen LogP contribution in [0.4, 0.5) is 0 Å². The zero-order chi connectivity index (χ0) is 14.5. The monoisotopic (exact) mass is 287 g/mol. The molecular formula is C14H17N5O2. The molecule has 1 amide bonds. The number of ether oxygens (including phenoxy) is 1. The van der Waals surface area contributed by atoms with E-state index in [1.165, 1.54) is 0 Å². The fourth-order valence-corrected chi connectivity index (χ4v) is 2.32. The van der Waals surface area contributed by atoms with Crippen LogP contribution in [-0.2, 0) is 16.1 Å². The van der Waals surface area contributed by atoms with Crippen LogP contribution in [0.5, 0.6) is 0 Å². The topological polar surface area (TPSA) is 81.9 Å². The maximum atomic E-state index is 11.9. The highest BCUT2D eigenvalue weighted by molar-refractivity contribution is 5.78. The van der Waals surface area contributed by atoms with Crippen molar-refractivity contribution in [2.75, 3.05) is 19.8 Å². The molecule has 0 radical (unpaired) electrons. The average Bonchev–Trinajstić information content (AvgIpc) is 3.20. The van der Waals surface area contributed by atoms with E-state index in [1.807, 2.05) is 10.8 Å². The van der Waals surface area contributed by atoms with E-state index in [0.717, 1.165) is 17.9 Å². The van der Waals surface area contributed by atoms with Gasteiger partial charge in [-0.05, 0) is 6.42 Å². The van der Waals surface area contributed by atoms with Crippen molar-refractivity contribution in [1.29, 1.82) is 0 Å². The Morgan fingerprint density at radius 3 is 3.10 bits per heavy atom. The fourth-order valence-electron chi connectivity index (χ4n) is 2.32. The van der Waals surface area contributed by atoms with Gasteiger partial charge in [-0.3, -0.25) is 9.78 Å². The molecule has 21 heavy (non-hydrogen) atoms. The molecular weight excluding hydrogens is 270 g/mol. The molecule has 7 nitrogen and oxygen atoms in total. The summed E-state index contributed by atoms with van der Waals surface area (Å²) in [5.41, 5.74) is 0.720. The molecule has 3 heterocycles. The highest BCUT2D eigenvalue weighted by Gasteiger charge is 2.22. The van der Waals surface area contributed by atoms with Gasteiger partial charge in [0, 0.05) is 44.5 Å². The quantitative estimate of drug-likeness (QED) is 0.865. The normalized spacial score (nSPS) is 17.8. The SMILES string of the molecule is O=C(NCCn1ccnc1-c1cnccn1)[C@@H]1CCOC1. The second kappa shape index (κ2) is 6.45. The van der Waals surface area contributed by atoms with Gasteiger partial charge in [-0.25, -0.2) is 9.97 Å². The number of hydrogen-bond donors (Lipinski definition) is 1. The number of carbonyl (C=O) groups excluding carboxylic acids is 1. The molecule has 1 aliphatic heterocycles. The van der Waals surface area contributed by atoms with Gasteiger partial charge in [-0.2, -0.15) is 0 Å². The zero-order valence-electron chi connectivity index (χ0n) is 11.6. The number of hydrogen-bond acceptors (Lipinski definition) is 5. The maximum Gasteiger partial charge on any atom is 0.225 e. The molecule has 0 spiro atoms. The number of carbonyl (C=O) groups is 1. The summed E-state index contributed by atoms with van der Waals surface area (Å²) in [5.74, 6) is 0.808. The maximum absolute atomic E-state index is 11.9. The van der Waals surface area contributed by atoms with Crippen molar-refractivity contribution < 1.29 is 9.53 Å². The van der Waals surface area contributed by atoms with E-state index < -0.39 is 0 Å².